The second-order valence-electron chi connectivity index (χ2n) is 6.78. The van der Waals surface area contributed by atoms with E-state index in [1.165, 1.54) is 19.4 Å². The van der Waals surface area contributed by atoms with E-state index in [4.69, 9.17) is 5.73 Å². The fourth-order valence-corrected chi connectivity index (χ4v) is 5.62. The van der Waals surface area contributed by atoms with Crippen LogP contribution in [0, 0.1) is 5.92 Å². The maximum absolute atomic E-state index is 12.6. The van der Waals surface area contributed by atoms with E-state index >= 15 is 0 Å². The monoisotopic (exact) mass is 316 g/mol. The fraction of sp³-hybridized carbons (Fsp3) is 1.00. The zero-order valence-electron chi connectivity index (χ0n) is 12.7. The molecule has 0 aromatic heterocycles. The number of hydrogen-bond donors (Lipinski definition) is 2. The normalized spacial score (nSPS) is 35.8. The van der Waals surface area contributed by atoms with E-state index in [-0.39, 0.29) is 6.04 Å². The summed E-state index contributed by atoms with van der Waals surface area (Å²) in [6.45, 7) is 4.01. The molecule has 0 aliphatic carbocycles. The van der Waals surface area contributed by atoms with Gasteiger partial charge in [0, 0.05) is 25.2 Å². The fourth-order valence-electron chi connectivity index (χ4n) is 4.05. The highest BCUT2D eigenvalue weighted by atomic mass is 32.2. The quantitative estimate of drug-likeness (QED) is 0.772. The molecule has 0 saturated carbocycles. The van der Waals surface area contributed by atoms with Crippen molar-refractivity contribution in [2.45, 2.75) is 50.6 Å². The van der Waals surface area contributed by atoms with E-state index in [1.54, 1.807) is 4.31 Å². The standard InChI is InChI=1S/C14H28N4O2S/c15-10-12-3-1-7-18(11-12)21(19,20)16-13-5-8-17-6-2-4-14(17)9-13/h12-14,16H,1-11,15H2. The van der Waals surface area contributed by atoms with E-state index in [0.29, 0.717) is 31.6 Å². The van der Waals surface area contributed by atoms with Crippen molar-refractivity contribution >= 4 is 10.2 Å². The van der Waals surface area contributed by atoms with Gasteiger partial charge in [-0.05, 0) is 64.1 Å². The molecule has 6 nitrogen and oxygen atoms in total. The molecule has 3 N–H and O–H groups in total. The molecule has 3 unspecified atom stereocenters. The van der Waals surface area contributed by atoms with Gasteiger partial charge in [0.2, 0.25) is 0 Å². The van der Waals surface area contributed by atoms with Crippen molar-refractivity contribution in [2.75, 3.05) is 32.7 Å². The summed E-state index contributed by atoms with van der Waals surface area (Å²) in [5, 5.41) is 0. The van der Waals surface area contributed by atoms with Crippen LogP contribution in [-0.2, 0) is 10.2 Å². The molecule has 3 aliphatic rings. The molecule has 3 aliphatic heterocycles. The van der Waals surface area contributed by atoms with E-state index in [9.17, 15) is 8.42 Å². The Morgan fingerprint density at radius 1 is 1.10 bits per heavy atom. The van der Waals surface area contributed by atoms with Crippen LogP contribution in [0.1, 0.15) is 38.5 Å². The number of rotatable bonds is 4. The van der Waals surface area contributed by atoms with Gasteiger partial charge in [0.25, 0.3) is 10.2 Å². The van der Waals surface area contributed by atoms with Gasteiger partial charge in [-0.3, -0.25) is 0 Å². The number of piperidine rings is 2. The van der Waals surface area contributed by atoms with Crippen LogP contribution in [0.5, 0.6) is 0 Å². The molecule has 21 heavy (non-hydrogen) atoms. The maximum atomic E-state index is 12.6. The molecule has 0 aromatic carbocycles. The summed E-state index contributed by atoms with van der Waals surface area (Å²) in [6.07, 6.45) is 6.34. The third-order valence-electron chi connectivity index (χ3n) is 5.29. The Labute approximate surface area is 128 Å². The van der Waals surface area contributed by atoms with Crippen LogP contribution in [-0.4, -0.2) is 62.4 Å². The third-order valence-corrected chi connectivity index (χ3v) is 6.93. The van der Waals surface area contributed by atoms with E-state index in [2.05, 4.69) is 9.62 Å². The molecule has 0 amide bonds. The first-order chi connectivity index (χ1) is 10.1. The summed E-state index contributed by atoms with van der Waals surface area (Å²) in [5.74, 6) is 0.312. The van der Waals surface area contributed by atoms with Gasteiger partial charge in [-0.15, -0.1) is 0 Å². The molecule has 0 radical (unpaired) electrons. The van der Waals surface area contributed by atoms with Crippen molar-refractivity contribution in [3.05, 3.63) is 0 Å². The number of nitrogens with one attached hydrogen (secondary N) is 1. The molecule has 3 saturated heterocycles. The minimum absolute atomic E-state index is 0.104. The highest BCUT2D eigenvalue weighted by molar-refractivity contribution is 7.87. The summed E-state index contributed by atoms with van der Waals surface area (Å²) in [6, 6.07) is 0.692. The highest BCUT2D eigenvalue weighted by Crippen LogP contribution is 2.27. The third kappa shape index (κ3) is 3.59. The van der Waals surface area contributed by atoms with E-state index in [1.807, 2.05) is 0 Å². The molecule has 3 heterocycles. The zero-order chi connectivity index (χ0) is 14.9. The Balaban J connectivity index is 1.58. The second-order valence-corrected chi connectivity index (χ2v) is 8.48. The molecule has 0 spiro atoms. The summed E-state index contributed by atoms with van der Waals surface area (Å²) < 4.78 is 29.7. The lowest BCUT2D eigenvalue weighted by molar-refractivity contribution is 0.174. The average Bonchev–Trinajstić information content (AvgIpc) is 2.94. The Bertz CT molecular complexity index is 456. The molecule has 3 fully saturated rings. The molecular weight excluding hydrogens is 288 g/mol. The summed E-state index contributed by atoms with van der Waals surface area (Å²) in [5.41, 5.74) is 5.70. The van der Waals surface area contributed by atoms with E-state index in [0.717, 1.165) is 32.2 Å². The van der Waals surface area contributed by atoms with Crippen molar-refractivity contribution in [1.82, 2.24) is 13.9 Å². The molecule has 7 heteroatoms. The van der Waals surface area contributed by atoms with Gasteiger partial charge in [0.05, 0.1) is 0 Å². The topological polar surface area (TPSA) is 78.7 Å². The molecule has 3 atom stereocenters. The minimum atomic E-state index is -3.35. The van der Waals surface area contributed by atoms with Gasteiger partial charge in [-0.2, -0.15) is 17.4 Å². The first kappa shape index (κ1) is 15.7. The summed E-state index contributed by atoms with van der Waals surface area (Å²) in [7, 11) is -3.35. The van der Waals surface area contributed by atoms with Gasteiger partial charge >= 0.3 is 0 Å². The van der Waals surface area contributed by atoms with Crippen molar-refractivity contribution in [3.8, 4) is 0 Å². The van der Waals surface area contributed by atoms with Crippen molar-refractivity contribution in [3.63, 3.8) is 0 Å². The lowest BCUT2D eigenvalue weighted by Crippen LogP contribution is -2.53. The lowest BCUT2D eigenvalue weighted by Gasteiger charge is -2.37. The highest BCUT2D eigenvalue weighted by Gasteiger charge is 2.35. The molecule has 3 rings (SSSR count). The van der Waals surface area contributed by atoms with Crippen LogP contribution in [0.4, 0.5) is 0 Å². The van der Waals surface area contributed by atoms with Crippen LogP contribution in [0.25, 0.3) is 0 Å². The first-order valence-electron chi connectivity index (χ1n) is 8.30. The van der Waals surface area contributed by atoms with Gasteiger partial charge in [0.1, 0.15) is 0 Å². The smallest absolute Gasteiger partial charge is 0.279 e. The molecule has 122 valence electrons. The zero-order valence-corrected chi connectivity index (χ0v) is 13.5. The van der Waals surface area contributed by atoms with Crippen LogP contribution >= 0.6 is 0 Å². The van der Waals surface area contributed by atoms with Crippen LogP contribution < -0.4 is 10.5 Å². The van der Waals surface area contributed by atoms with Crippen LogP contribution in [0.3, 0.4) is 0 Å². The molecular formula is C14H28N4O2S. The molecule has 0 aromatic rings. The largest absolute Gasteiger partial charge is 0.330 e. The predicted molar refractivity (Wildman–Crippen MR) is 83.0 cm³/mol. The van der Waals surface area contributed by atoms with Crippen LogP contribution in [0.15, 0.2) is 0 Å². The van der Waals surface area contributed by atoms with E-state index < -0.39 is 10.2 Å². The van der Waals surface area contributed by atoms with Gasteiger partial charge < -0.3 is 10.6 Å². The number of nitrogens with two attached hydrogens (primary N) is 1. The minimum Gasteiger partial charge on any atom is -0.330 e. The SMILES string of the molecule is NCC1CCCN(S(=O)(=O)NC2CCN3CCCC3C2)C1. The number of fused-ring (bicyclic) bond motifs is 1. The average molecular weight is 316 g/mol. The Morgan fingerprint density at radius 2 is 1.90 bits per heavy atom. The van der Waals surface area contributed by atoms with Gasteiger partial charge in [-0.1, -0.05) is 0 Å². The van der Waals surface area contributed by atoms with Crippen molar-refractivity contribution in [2.24, 2.45) is 11.7 Å². The van der Waals surface area contributed by atoms with Crippen molar-refractivity contribution in [1.29, 1.82) is 0 Å². The number of nitrogens with zero attached hydrogens (tertiary/aromatic N) is 2. The predicted octanol–water partition coefficient (Wildman–Crippen LogP) is 0.118. The number of hydrogen-bond acceptors (Lipinski definition) is 4. The second kappa shape index (κ2) is 6.50. The molecule has 0 bridgehead atoms. The lowest BCUT2D eigenvalue weighted by atomic mass is 9.99. The van der Waals surface area contributed by atoms with Gasteiger partial charge in [-0.25, -0.2) is 0 Å². The van der Waals surface area contributed by atoms with Gasteiger partial charge in [0.15, 0.2) is 0 Å². The summed E-state index contributed by atoms with van der Waals surface area (Å²) >= 11 is 0. The first-order valence-corrected chi connectivity index (χ1v) is 9.74. The Hall–Kier alpha value is -0.210. The summed E-state index contributed by atoms with van der Waals surface area (Å²) in [4.78, 5) is 2.51. The Kier molecular flexibility index (Phi) is 4.85. The Morgan fingerprint density at radius 3 is 2.71 bits per heavy atom. The van der Waals surface area contributed by atoms with Crippen LogP contribution in [0.2, 0.25) is 0 Å². The maximum Gasteiger partial charge on any atom is 0.279 e. The van der Waals surface area contributed by atoms with Crippen molar-refractivity contribution < 1.29 is 8.42 Å².